The molecule has 3 aliphatic heterocycles. The lowest BCUT2D eigenvalue weighted by Crippen LogP contribution is -2.52. The van der Waals surface area contributed by atoms with Gasteiger partial charge >= 0.3 is 11.9 Å². The normalized spacial score (nSPS) is 27.8. The molecule has 11 heteroatoms. The summed E-state index contributed by atoms with van der Waals surface area (Å²) < 4.78 is 16.2. The van der Waals surface area contributed by atoms with Crippen LogP contribution >= 0.6 is 0 Å². The number of benzene rings is 1. The summed E-state index contributed by atoms with van der Waals surface area (Å²) in [5.74, 6) is -5.22. The predicted octanol–water partition coefficient (Wildman–Crippen LogP) is 1.48. The highest BCUT2D eigenvalue weighted by Crippen LogP contribution is 2.55. The van der Waals surface area contributed by atoms with Gasteiger partial charge in [0.1, 0.15) is 5.69 Å². The first-order valence-electron chi connectivity index (χ1n) is 9.83. The van der Waals surface area contributed by atoms with E-state index >= 15 is 0 Å². The molecule has 2 saturated heterocycles. The minimum atomic E-state index is -1.72. The summed E-state index contributed by atoms with van der Waals surface area (Å²) in [5.41, 5.74) is -0.961. The quantitative estimate of drug-likeness (QED) is 0.165. The fourth-order valence-electron chi connectivity index (χ4n) is 4.57. The second-order valence-corrected chi connectivity index (χ2v) is 8.04. The van der Waals surface area contributed by atoms with Gasteiger partial charge in [0.25, 0.3) is 12.0 Å². The molecule has 1 aromatic rings. The number of aryl methyl sites for hydroxylation is 2. The van der Waals surface area contributed by atoms with E-state index in [0.717, 1.165) is 18.7 Å². The van der Waals surface area contributed by atoms with E-state index in [1.54, 1.807) is 13.8 Å². The largest absolute Gasteiger partial charge is 0.422 e. The van der Waals surface area contributed by atoms with Crippen molar-refractivity contribution in [2.24, 2.45) is 11.8 Å². The Kier molecular flexibility index (Phi) is 4.88. The fraction of sp³-hybridized carbons (Fsp3) is 0.429. The van der Waals surface area contributed by atoms with Crippen molar-refractivity contribution in [3.05, 3.63) is 45.5 Å². The van der Waals surface area contributed by atoms with Crippen molar-refractivity contribution in [2.75, 3.05) is 4.90 Å². The molecule has 0 aromatic heterocycles. The number of amides is 2. The molecule has 0 aliphatic carbocycles. The van der Waals surface area contributed by atoms with E-state index in [9.17, 15) is 29.3 Å². The molecule has 4 rings (SSSR count). The van der Waals surface area contributed by atoms with E-state index in [0.29, 0.717) is 11.1 Å². The minimum absolute atomic E-state index is 0.145. The molecule has 3 aliphatic rings. The van der Waals surface area contributed by atoms with E-state index in [2.05, 4.69) is 0 Å². The number of esters is 2. The lowest BCUT2D eigenvalue weighted by atomic mass is 9.76. The SMILES string of the molecule is CC(=O)OC(OC(C)=O)[C@@]12C=C[C@H](O1)[C@@H]1C(=O)N(c3cc(C)c(C)cc3[N+](=O)[O-])C(=O)[C@@H]12. The van der Waals surface area contributed by atoms with Crippen LogP contribution in [-0.2, 0) is 33.4 Å². The minimum Gasteiger partial charge on any atom is -0.422 e. The monoisotopic (exact) mass is 444 g/mol. The van der Waals surface area contributed by atoms with Crippen LogP contribution in [-0.4, -0.2) is 46.7 Å². The van der Waals surface area contributed by atoms with Gasteiger partial charge in [-0.05, 0) is 37.1 Å². The van der Waals surface area contributed by atoms with Gasteiger partial charge in [-0.2, -0.15) is 0 Å². The molecule has 2 fully saturated rings. The highest BCUT2D eigenvalue weighted by molar-refractivity contribution is 6.24. The molecule has 2 amide bonds. The summed E-state index contributed by atoms with van der Waals surface area (Å²) in [6.07, 6.45) is 0.518. The Morgan fingerprint density at radius 1 is 1.12 bits per heavy atom. The average Bonchev–Trinajstić information content (AvgIpc) is 3.33. The van der Waals surface area contributed by atoms with Gasteiger partial charge in [0.2, 0.25) is 11.8 Å². The van der Waals surface area contributed by atoms with E-state index in [1.165, 1.54) is 24.3 Å². The molecule has 0 N–H and O–H groups in total. The molecule has 11 nitrogen and oxygen atoms in total. The Bertz CT molecular complexity index is 1090. The summed E-state index contributed by atoms with van der Waals surface area (Å²) in [5, 5.41) is 11.7. The molecule has 1 aromatic carbocycles. The maximum Gasteiger partial charge on any atom is 0.305 e. The van der Waals surface area contributed by atoms with Gasteiger partial charge < -0.3 is 14.2 Å². The van der Waals surface area contributed by atoms with Gasteiger partial charge in [-0.3, -0.25) is 29.3 Å². The zero-order valence-electron chi connectivity index (χ0n) is 17.7. The third-order valence-electron chi connectivity index (χ3n) is 6.02. The first-order valence-corrected chi connectivity index (χ1v) is 9.83. The van der Waals surface area contributed by atoms with Gasteiger partial charge in [0, 0.05) is 19.9 Å². The molecule has 0 spiro atoms. The van der Waals surface area contributed by atoms with Crippen LogP contribution in [0.2, 0.25) is 0 Å². The fourth-order valence-corrected chi connectivity index (χ4v) is 4.57. The summed E-state index contributed by atoms with van der Waals surface area (Å²) in [7, 11) is 0. The Balaban J connectivity index is 1.81. The highest BCUT2D eigenvalue weighted by atomic mass is 16.7. The van der Waals surface area contributed by atoms with Gasteiger partial charge in [-0.1, -0.05) is 6.08 Å². The van der Waals surface area contributed by atoms with Crippen molar-refractivity contribution >= 4 is 35.1 Å². The van der Waals surface area contributed by atoms with Crippen LogP contribution in [0.3, 0.4) is 0 Å². The summed E-state index contributed by atoms with van der Waals surface area (Å²) in [6.45, 7) is 5.59. The van der Waals surface area contributed by atoms with Crippen molar-refractivity contribution in [2.45, 2.75) is 45.7 Å². The Morgan fingerprint density at radius 3 is 2.28 bits per heavy atom. The van der Waals surface area contributed by atoms with Gasteiger partial charge in [0.05, 0.1) is 22.9 Å². The lowest BCUT2D eigenvalue weighted by molar-refractivity contribution is -0.384. The number of imide groups is 1. The van der Waals surface area contributed by atoms with Crippen LogP contribution in [0, 0.1) is 35.8 Å². The number of ether oxygens (including phenoxy) is 3. The molecular weight excluding hydrogens is 424 g/mol. The number of rotatable bonds is 5. The molecule has 2 bridgehead atoms. The molecule has 0 saturated carbocycles. The third kappa shape index (κ3) is 3.00. The Hall–Kier alpha value is -3.60. The number of nitro benzene ring substituents is 1. The van der Waals surface area contributed by atoms with E-state index in [1.807, 2.05) is 0 Å². The molecular formula is C21H20N2O9. The molecule has 3 heterocycles. The van der Waals surface area contributed by atoms with Crippen molar-refractivity contribution in [3.8, 4) is 0 Å². The van der Waals surface area contributed by atoms with Crippen LogP contribution in [0.5, 0.6) is 0 Å². The average molecular weight is 444 g/mol. The molecule has 32 heavy (non-hydrogen) atoms. The first kappa shape index (κ1) is 21.6. The predicted molar refractivity (Wildman–Crippen MR) is 106 cm³/mol. The van der Waals surface area contributed by atoms with Crippen LogP contribution in [0.4, 0.5) is 11.4 Å². The molecule has 4 atom stereocenters. The maximum absolute atomic E-state index is 13.5. The van der Waals surface area contributed by atoms with Crippen LogP contribution < -0.4 is 4.90 Å². The molecule has 168 valence electrons. The van der Waals surface area contributed by atoms with E-state index < -0.39 is 58.5 Å². The Labute approximate surface area is 182 Å². The van der Waals surface area contributed by atoms with Crippen LogP contribution in [0.25, 0.3) is 0 Å². The van der Waals surface area contributed by atoms with Crippen molar-refractivity contribution in [3.63, 3.8) is 0 Å². The zero-order chi connectivity index (χ0) is 23.5. The number of hydrogen-bond acceptors (Lipinski definition) is 9. The molecule has 0 radical (unpaired) electrons. The van der Waals surface area contributed by atoms with Crippen molar-refractivity contribution in [1.82, 2.24) is 0 Å². The summed E-state index contributed by atoms with van der Waals surface area (Å²) >= 11 is 0. The number of carbonyl (C=O) groups excluding carboxylic acids is 4. The highest BCUT2D eigenvalue weighted by Gasteiger charge is 2.72. The second kappa shape index (κ2) is 7.23. The van der Waals surface area contributed by atoms with Gasteiger partial charge in [-0.25, -0.2) is 4.90 Å². The van der Waals surface area contributed by atoms with Crippen molar-refractivity contribution < 1.29 is 38.3 Å². The number of carbonyl (C=O) groups is 4. The van der Waals surface area contributed by atoms with E-state index in [-0.39, 0.29) is 11.4 Å². The summed E-state index contributed by atoms with van der Waals surface area (Å²) in [6, 6.07) is 2.72. The molecule has 0 unspecified atom stereocenters. The maximum atomic E-state index is 13.5. The number of fused-ring (bicyclic) bond motifs is 5. The standard InChI is InChI=1S/C21H20N2O9/c1-9-7-13(14(23(28)29)8-10(9)2)22-18(26)16-15-5-6-21(32-15,17(16)19(22)27)20(30-11(3)24)31-12(4)25/h5-8,15-17,20H,1-4H3/t15-,16-,17+,21-/m0/s1. The van der Waals surface area contributed by atoms with Crippen LogP contribution in [0.15, 0.2) is 24.3 Å². The number of hydrogen-bond donors (Lipinski definition) is 0. The number of anilines is 1. The number of nitro groups is 1. The van der Waals surface area contributed by atoms with Crippen molar-refractivity contribution in [1.29, 1.82) is 0 Å². The zero-order valence-corrected chi connectivity index (χ0v) is 17.7. The van der Waals surface area contributed by atoms with E-state index in [4.69, 9.17) is 14.2 Å². The van der Waals surface area contributed by atoms with Gasteiger partial charge in [0.15, 0.2) is 5.60 Å². The van der Waals surface area contributed by atoms with Crippen LogP contribution in [0.1, 0.15) is 25.0 Å². The second-order valence-electron chi connectivity index (χ2n) is 8.04. The summed E-state index contributed by atoms with van der Waals surface area (Å²) in [4.78, 5) is 61.9. The third-order valence-corrected chi connectivity index (χ3v) is 6.02. The first-order chi connectivity index (χ1) is 15.0. The number of nitrogens with zero attached hydrogens (tertiary/aromatic N) is 2. The smallest absolute Gasteiger partial charge is 0.305 e. The lowest BCUT2D eigenvalue weighted by Gasteiger charge is -2.34. The van der Waals surface area contributed by atoms with Gasteiger partial charge in [-0.15, -0.1) is 0 Å². The Morgan fingerprint density at radius 2 is 1.72 bits per heavy atom. The topological polar surface area (TPSA) is 142 Å².